The highest BCUT2D eigenvalue weighted by Crippen LogP contribution is 2.36. The van der Waals surface area contributed by atoms with E-state index in [1.54, 1.807) is 0 Å². The lowest BCUT2D eigenvalue weighted by Crippen LogP contribution is -2.46. The molecule has 0 aromatic carbocycles. The normalized spacial score (nSPS) is 21.1. The molecule has 1 unspecified atom stereocenters. The van der Waals surface area contributed by atoms with Crippen LogP contribution in [0.3, 0.4) is 0 Å². The number of carbonyl (C=O) groups is 2. The first-order valence-electron chi connectivity index (χ1n) is 6.05. The van der Waals surface area contributed by atoms with Gasteiger partial charge in [0.25, 0.3) is 0 Å². The van der Waals surface area contributed by atoms with Gasteiger partial charge in [0.2, 0.25) is 0 Å². The van der Waals surface area contributed by atoms with E-state index < -0.39 is 12.0 Å². The van der Waals surface area contributed by atoms with Crippen molar-refractivity contribution in [2.75, 3.05) is 13.1 Å². The van der Waals surface area contributed by atoms with Crippen LogP contribution in [0.4, 0.5) is 4.79 Å². The van der Waals surface area contributed by atoms with Crippen LogP contribution >= 0.6 is 0 Å². The summed E-state index contributed by atoms with van der Waals surface area (Å²) in [5.74, 6) is 1.23. The number of carboxylic acid groups (broad SMARTS) is 1. The molecule has 2 amide bonds. The van der Waals surface area contributed by atoms with Crippen LogP contribution in [0.1, 0.15) is 33.1 Å². The van der Waals surface area contributed by atoms with Crippen LogP contribution in [0.15, 0.2) is 0 Å². The Bertz CT molecular complexity index is 371. The first-order valence-corrected chi connectivity index (χ1v) is 6.05. The van der Waals surface area contributed by atoms with Crippen molar-refractivity contribution in [3.63, 3.8) is 0 Å². The predicted octanol–water partition coefficient (Wildman–Crippen LogP) is 1.29. The van der Waals surface area contributed by atoms with Crippen molar-refractivity contribution in [1.82, 2.24) is 10.2 Å². The van der Waals surface area contributed by atoms with E-state index in [-0.39, 0.29) is 24.5 Å². The number of terminal acetylenes is 1. The fourth-order valence-corrected chi connectivity index (χ4v) is 2.30. The van der Waals surface area contributed by atoms with Crippen molar-refractivity contribution in [2.24, 2.45) is 5.41 Å². The van der Waals surface area contributed by atoms with Crippen LogP contribution in [0.5, 0.6) is 0 Å². The van der Waals surface area contributed by atoms with E-state index >= 15 is 0 Å². The van der Waals surface area contributed by atoms with E-state index in [4.69, 9.17) is 11.5 Å². The minimum Gasteiger partial charge on any atom is -0.480 e. The highest BCUT2D eigenvalue weighted by molar-refractivity contribution is 5.80. The molecule has 1 fully saturated rings. The van der Waals surface area contributed by atoms with Crippen molar-refractivity contribution < 1.29 is 14.7 Å². The number of urea groups is 1. The highest BCUT2D eigenvalue weighted by Gasteiger charge is 2.32. The Kier molecular flexibility index (Phi) is 4.60. The van der Waals surface area contributed by atoms with Gasteiger partial charge in [-0.25, -0.2) is 4.79 Å². The Morgan fingerprint density at radius 3 is 2.67 bits per heavy atom. The summed E-state index contributed by atoms with van der Waals surface area (Å²) in [4.78, 5) is 23.7. The molecular formula is C13H20N2O3. The van der Waals surface area contributed by atoms with Gasteiger partial charge in [-0.15, -0.1) is 6.42 Å². The molecule has 18 heavy (non-hydrogen) atoms. The summed E-state index contributed by atoms with van der Waals surface area (Å²) in [7, 11) is 0. The van der Waals surface area contributed by atoms with E-state index in [0.717, 1.165) is 24.2 Å². The third-order valence-electron chi connectivity index (χ3n) is 3.19. The molecule has 1 aliphatic rings. The van der Waals surface area contributed by atoms with Gasteiger partial charge in [0.05, 0.1) is 6.54 Å². The van der Waals surface area contributed by atoms with Crippen LogP contribution in [-0.2, 0) is 4.79 Å². The summed E-state index contributed by atoms with van der Waals surface area (Å²) in [6.07, 6.45) is 8.03. The maximum absolute atomic E-state index is 11.9. The number of hydrogen-bond donors (Lipinski definition) is 2. The van der Waals surface area contributed by atoms with Crippen LogP contribution in [-0.4, -0.2) is 41.1 Å². The van der Waals surface area contributed by atoms with Crippen LogP contribution in [0.25, 0.3) is 0 Å². The Labute approximate surface area is 108 Å². The molecule has 5 nitrogen and oxygen atoms in total. The summed E-state index contributed by atoms with van der Waals surface area (Å²) >= 11 is 0. The molecular weight excluding hydrogens is 232 g/mol. The molecule has 2 N–H and O–H groups in total. The molecule has 0 bridgehead atoms. The molecule has 1 saturated carbocycles. The van der Waals surface area contributed by atoms with Crippen molar-refractivity contribution >= 4 is 12.0 Å². The number of nitrogens with one attached hydrogen (secondary N) is 1. The molecule has 0 saturated heterocycles. The molecule has 1 rings (SSSR count). The summed E-state index contributed by atoms with van der Waals surface area (Å²) in [6.45, 7) is 3.96. The van der Waals surface area contributed by atoms with Gasteiger partial charge < -0.3 is 15.3 Å². The number of aliphatic carboxylic acids is 1. The minimum absolute atomic E-state index is 0.00818. The van der Waals surface area contributed by atoms with Gasteiger partial charge in [0.15, 0.2) is 0 Å². The number of rotatable bonds is 4. The molecule has 0 spiro atoms. The van der Waals surface area contributed by atoms with Gasteiger partial charge in [-0.3, -0.25) is 4.79 Å². The standard InChI is InChI=1S/C13H20N2O3/c1-4-7-15(9-11(16)17)12(18)14-10-5-6-13(2,3)8-10/h1,10H,5-9H2,2-3H3,(H,14,18)(H,16,17). The zero-order valence-electron chi connectivity index (χ0n) is 10.9. The van der Waals surface area contributed by atoms with Gasteiger partial charge >= 0.3 is 12.0 Å². The molecule has 5 heteroatoms. The van der Waals surface area contributed by atoms with Crippen molar-refractivity contribution in [1.29, 1.82) is 0 Å². The Balaban J connectivity index is 2.52. The first-order chi connectivity index (χ1) is 8.34. The lowest BCUT2D eigenvalue weighted by atomic mass is 9.92. The molecule has 0 aliphatic heterocycles. The topological polar surface area (TPSA) is 69.6 Å². The lowest BCUT2D eigenvalue weighted by Gasteiger charge is -2.22. The van der Waals surface area contributed by atoms with E-state index in [1.165, 1.54) is 0 Å². The summed E-state index contributed by atoms with van der Waals surface area (Å²) in [5, 5.41) is 11.6. The first kappa shape index (κ1) is 14.4. The van der Waals surface area contributed by atoms with Crippen molar-refractivity contribution in [2.45, 2.75) is 39.2 Å². The fourth-order valence-electron chi connectivity index (χ4n) is 2.30. The lowest BCUT2D eigenvalue weighted by molar-refractivity contribution is -0.137. The van der Waals surface area contributed by atoms with Gasteiger partial charge in [-0.05, 0) is 24.7 Å². The maximum Gasteiger partial charge on any atom is 0.323 e. The third-order valence-corrected chi connectivity index (χ3v) is 3.19. The number of hydrogen-bond acceptors (Lipinski definition) is 2. The molecule has 1 atom stereocenters. The molecule has 0 aromatic rings. The Hall–Kier alpha value is -1.70. The SMILES string of the molecule is C#CCN(CC(=O)O)C(=O)NC1CCC(C)(C)C1. The van der Waals surface area contributed by atoms with E-state index in [2.05, 4.69) is 25.1 Å². The number of carboxylic acids is 1. The van der Waals surface area contributed by atoms with Gasteiger partial charge in [-0.1, -0.05) is 19.8 Å². The van der Waals surface area contributed by atoms with E-state index in [9.17, 15) is 9.59 Å². The molecule has 100 valence electrons. The number of amides is 2. The summed E-state index contributed by atoms with van der Waals surface area (Å²) in [6, 6.07) is -0.278. The van der Waals surface area contributed by atoms with E-state index in [0.29, 0.717) is 0 Å². The van der Waals surface area contributed by atoms with Gasteiger partial charge in [0, 0.05) is 6.04 Å². The third kappa shape index (κ3) is 4.28. The molecule has 0 aromatic heterocycles. The second-order valence-corrected chi connectivity index (χ2v) is 5.51. The van der Waals surface area contributed by atoms with Crippen LogP contribution in [0.2, 0.25) is 0 Å². The average molecular weight is 252 g/mol. The average Bonchev–Trinajstić information content (AvgIpc) is 2.56. The predicted molar refractivity (Wildman–Crippen MR) is 68.0 cm³/mol. The smallest absolute Gasteiger partial charge is 0.323 e. The zero-order valence-corrected chi connectivity index (χ0v) is 10.9. The Morgan fingerprint density at radius 1 is 1.56 bits per heavy atom. The van der Waals surface area contributed by atoms with Gasteiger partial charge in [0.1, 0.15) is 6.54 Å². The fraction of sp³-hybridized carbons (Fsp3) is 0.692. The molecule has 0 heterocycles. The summed E-state index contributed by atoms with van der Waals surface area (Å²) < 4.78 is 0. The zero-order chi connectivity index (χ0) is 13.8. The van der Waals surface area contributed by atoms with Crippen LogP contribution < -0.4 is 5.32 Å². The highest BCUT2D eigenvalue weighted by atomic mass is 16.4. The second kappa shape index (κ2) is 5.76. The number of nitrogens with zero attached hydrogens (tertiary/aromatic N) is 1. The molecule has 1 aliphatic carbocycles. The Morgan fingerprint density at radius 2 is 2.22 bits per heavy atom. The maximum atomic E-state index is 11.9. The van der Waals surface area contributed by atoms with E-state index in [1.807, 2.05) is 0 Å². The molecule has 0 radical (unpaired) electrons. The van der Waals surface area contributed by atoms with Crippen molar-refractivity contribution in [3.8, 4) is 12.3 Å². The minimum atomic E-state index is -1.06. The monoisotopic (exact) mass is 252 g/mol. The van der Waals surface area contributed by atoms with Gasteiger partial charge in [-0.2, -0.15) is 0 Å². The van der Waals surface area contributed by atoms with Crippen LogP contribution in [0, 0.1) is 17.8 Å². The summed E-state index contributed by atoms with van der Waals surface area (Å²) in [5.41, 5.74) is 0.238. The largest absolute Gasteiger partial charge is 0.480 e. The quantitative estimate of drug-likeness (QED) is 0.741. The number of carbonyl (C=O) groups excluding carboxylic acids is 1. The second-order valence-electron chi connectivity index (χ2n) is 5.51. The van der Waals surface area contributed by atoms with Crippen molar-refractivity contribution in [3.05, 3.63) is 0 Å².